The van der Waals surface area contributed by atoms with Gasteiger partial charge >= 0.3 is 0 Å². The first-order chi connectivity index (χ1) is 7.09. The third-order valence-electron chi connectivity index (χ3n) is 1.77. The highest BCUT2D eigenvalue weighted by atomic mass is 16.7. The minimum absolute atomic E-state index is 0.129. The summed E-state index contributed by atoms with van der Waals surface area (Å²) in [5.41, 5.74) is 0. The summed E-state index contributed by atoms with van der Waals surface area (Å²) in [6.45, 7) is 3.53. The standard InChI is InChI=1S/C9H14N2O4/c1-6(12)10-3-8-9(15-5-14-8)4-11-7(2)13/h3-5H2,1-2H3,(H,10,12)(H,11,13). The predicted molar refractivity (Wildman–Crippen MR) is 51.4 cm³/mol. The van der Waals surface area contributed by atoms with Crippen LogP contribution in [0.5, 0.6) is 0 Å². The molecule has 84 valence electrons. The smallest absolute Gasteiger partial charge is 0.230 e. The Bertz CT molecular complexity index is 270. The molecule has 0 bridgehead atoms. The van der Waals surface area contributed by atoms with Gasteiger partial charge in [0.05, 0.1) is 13.1 Å². The van der Waals surface area contributed by atoms with E-state index in [1.54, 1.807) is 0 Å². The second kappa shape index (κ2) is 5.23. The lowest BCUT2D eigenvalue weighted by atomic mass is 10.3. The molecule has 1 heterocycles. The van der Waals surface area contributed by atoms with E-state index in [2.05, 4.69) is 10.6 Å². The SMILES string of the molecule is CC(=O)NCC1=C(CNC(C)=O)OCO1. The number of nitrogens with one attached hydrogen (secondary N) is 2. The number of carbonyl (C=O) groups is 2. The van der Waals surface area contributed by atoms with Gasteiger partial charge in [0.2, 0.25) is 18.6 Å². The minimum Gasteiger partial charge on any atom is -0.456 e. The lowest BCUT2D eigenvalue weighted by molar-refractivity contribution is -0.119. The van der Waals surface area contributed by atoms with Gasteiger partial charge in [-0.25, -0.2) is 0 Å². The molecule has 0 spiro atoms. The Morgan fingerprint density at radius 1 is 1.07 bits per heavy atom. The van der Waals surface area contributed by atoms with E-state index in [0.717, 1.165) is 0 Å². The van der Waals surface area contributed by atoms with E-state index in [9.17, 15) is 9.59 Å². The summed E-state index contributed by atoms with van der Waals surface area (Å²) in [6, 6.07) is 0. The van der Waals surface area contributed by atoms with Crippen LogP contribution in [0.25, 0.3) is 0 Å². The Hall–Kier alpha value is -1.72. The van der Waals surface area contributed by atoms with Gasteiger partial charge < -0.3 is 20.1 Å². The van der Waals surface area contributed by atoms with Crippen LogP contribution in [0.3, 0.4) is 0 Å². The molecular formula is C9H14N2O4. The number of ether oxygens (including phenoxy) is 2. The van der Waals surface area contributed by atoms with Crippen LogP contribution < -0.4 is 10.6 Å². The van der Waals surface area contributed by atoms with Crippen molar-refractivity contribution in [2.45, 2.75) is 13.8 Å². The van der Waals surface area contributed by atoms with Crippen molar-refractivity contribution in [1.82, 2.24) is 10.6 Å². The van der Waals surface area contributed by atoms with Gasteiger partial charge in [0.1, 0.15) is 0 Å². The molecule has 0 aromatic heterocycles. The third-order valence-corrected chi connectivity index (χ3v) is 1.77. The lowest BCUT2D eigenvalue weighted by Gasteiger charge is -2.04. The van der Waals surface area contributed by atoms with Crippen LogP contribution in [0.15, 0.2) is 11.5 Å². The summed E-state index contributed by atoms with van der Waals surface area (Å²) in [4.78, 5) is 21.3. The molecule has 0 atom stereocenters. The fraction of sp³-hybridized carbons (Fsp3) is 0.556. The van der Waals surface area contributed by atoms with Crippen molar-refractivity contribution >= 4 is 11.8 Å². The van der Waals surface area contributed by atoms with Gasteiger partial charge in [-0.05, 0) is 0 Å². The summed E-state index contributed by atoms with van der Waals surface area (Å²) in [6.07, 6.45) is 0. The molecule has 0 aliphatic carbocycles. The monoisotopic (exact) mass is 214 g/mol. The Balaban J connectivity index is 2.46. The predicted octanol–water partition coefficient (Wildman–Crippen LogP) is -0.526. The number of hydrogen-bond donors (Lipinski definition) is 2. The Morgan fingerprint density at radius 2 is 1.47 bits per heavy atom. The van der Waals surface area contributed by atoms with E-state index in [1.165, 1.54) is 13.8 Å². The first kappa shape index (κ1) is 11.4. The molecule has 0 unspecified atom stereocenters. The van der Waals surface area contributed by atoms with Gasteiger partial charge in [-0.3, -0.25) is 9.59 Å². The quantitative estimate of drug-likeness (QED) is 0.660. The Labute approximate surface area is 87.6 Å². The topological polar surface area (TPSA) is 76.7 Å². The molecule has 6 nitrogen and oxygen atoms in total. The van der Waals surface area contributed by atoms with Crippen molar-refractivity contribution in [3.63, 3.8) is 0 Å². The maximum Gasteiger partial charge on any atom is 0.230 e. The highest BCUT2D eigenvalue weighted by Gasteiger charge is 2.17. The molecular weight excluding hydrogens is 200 g/mol. The van der Waals surface area contributed by atoms with Crippen molar-refractivity contribution in [2.24, 2.45) is 0 Å². The van der Waals surface area contributed by atoms with Gasteiger partial charge in [-0.1, -0.05) is 0 Å². The number of hydrogen-bond acceptors (Lipinski definition) is 4. The summed E-state index contributed by atoms with van der Waals surface area (Å²) in [5, 5.41) is 5.18. The summed E-state index contributed by atoms with van der Waals surface area (Å²) in [5.74, 6) is 0.826. The van der Waals surface area contributed by atoms with E-state index < -0.39 is 0 Å². The minimum atomic E-state index is -0.142. The molecule has 2 N–H and O–H groups in total. The second-order valence-corrected chi connectivity index (χ2v) is 3.07. The van der Waals surface area contributed by atoms with Gasteiger partial charge in [-0.2, -0.15) is 0 Å². The van der Waals surface area contributed by atoms with Crippen LogP contribution >= 0.6 is 0 Å². The Morgan fingerprint density at radius 3 is 1.80 bits per heavy atom. The molecule has 0 aromatic carbocycles. The van der Waals surface area contributed by atoms with Crippen molar-refractivity contribution in [2.75, 3.05) is 19.9 Å². The average Bonchev–Trinajstić information content (AvgIpc) is 2.58. The highest BCUT2D eigenvalue weighted by molar-refractivity contribution is 5.73. The fourth-order valence-electron chi connectivity index (χ4n) is 1.04. The zero-order chi connectivity index (χ0) is 11.3. The number of amides is 2. The van der Waals surface area contributed by atoms with Crippen molar-refractivity contribution in [1.29, 1.82) is 0 Å². The normalized spacial score (nSPS) is 14.3. The molecule has 1 aliphatic rings. The van der Waals surface area contributed by atoms with E-state index in [0.29, 0.717) is 11.5 Å². The molecule has 0 aromatic rings. The Kier molecular flexibility index (Phi) is 3.96. The summed E-state index contributed by atoms with van der Waals surface area (Å²) in [7, 11) is 0. The zero-order valence-electron chi connectivity index (χ0n) is 8.75. The number of carbonyl (C=O) groups excluding carboxylic acids is 2. The van der Waals surface area contributed by atoms with Gasteiger partial charge in [-0.15, -0.1) is 0 Å². The summed E-state index contributed by atoms with van der Waals surface area (Å²) >= 11 is 0. The van der Waals surface area contributed by atoms with Crippen molar-refractivity contribution in [3.8, 4) is 0 Å². The summed E-state index contributed by atoms with van der Waals surface area (Å²) < 4.78 is 10.3. The molecule has 0 saturated heterocycles. The molecule has 6 heteroatoms. The lowest BCUT2D eigenvalue weighted by Crippen LogP contribution is -2.26. The van der Waals surface area contributed by atoms with Crippen LogP contribution in [0, 0.1) is 0 Å². The van der Waals surface area contributed by atoms with Gasteiger partial charge in [0.25, 0.3) is 0 Å². The zero-order valence-corrected chi connectivity index (χ0v) is 8.75. The molecule has 15 heavy (non-hydrogen) atoms. The number of rotatable bonds is 4. The van der Waals surface area contributed by atoms with Crippen LogP contribution in [0.4, 0.5) is 0 Å². The average molecular weight is 214 g/mol. The second-order valence-electron chi connectivity index (χ2n) is 3.07. The van der Waals surface area contributed by atoms with E-state index in [1.807, 2.05) is 0 Å². The molecule has 0 fully saturated rings. The van der Waals surface area contributed by atoms with Gasteiger partial charge in [0, 0.05) is 13.8 Å². The molecule has 2 amide bonds. The highest BCUT2D eigenvalue weighted by Crippen LogP contribution is 2.14. The van der Waals surface area contributed by atoms with Crippen LogP contribution in [-0.4, -0.2) is 31.7 Å². The third kappa shape index (κ3) is 3.88. The molecule has 0 radical (unpaired) electrons. The maximum atomic E-state index is 10.7. The van der Waals surface area contributed by atoms with Crippen LogP contribution in [0.1, 0.15) is 13.8 Å². The first-order valence-electron chi connectivity index (χ1n) is 4.56. The molecule has 0 saturated carbocycles. The van der Waals surface area contributed by atoms with Crippen LogP contribution in [0.2, 0.25) is 0 Å². The van der Waals surface area contributed by atoms with E-state index in [-0.39, 0.29) is 31.7 Å². The van der Waals surface area contributed by atoms with Crippen LogP contribution in [-0.2, 0) is 19.1 Å². The van der Waals surface area contributed by atoms with E-state index in [4.69, 9.17) is 9.47 Å². The molecule has 1 rings (SSSR count). The largest absolute Gasteiger partial charge is 0.456 e. The van der Waals surface area contributed by atoms with Crippen molar-refractivity contribution < 1.29 is 19.1 Å². The first-order valence-corrected chi connectivity index (χ1v) is 4.56. The van der Waals surface area contributed by atoms with Crippen molar-refractivity contribution in [3.05, 3.63) is 11.5 Å². The fourth-order valence-corrected chi connectivity index (χ4v) is 1.04. The molecule has 1 aliphatic heterocycles. The maximum absolute atomic E-state index is 10.7. The van der Waals surface area contributed by atoms with E-state index >= 15 is 0 Å². The van der Waals surface area contributed by atoms with Gasteiger partial charge in [0.15, 0.2) is 11.5 Å².